The molecule has 0 unspecified atom stereocenters. The zero-order valence-corrected chi connectivity index (χ0v) is 17.9. The van der Waals surface area contributed by atoms with E-state index >= 15 is 0 Å². The van der Waals surface area contributed by atoms with Crippen LogP contribution in [0.3, 0.4) is 0 Å². The van der Waals surface area contributed by atoms with Gasteiger partial charge >= 0.3 is 0 Å². The van der Waals surface area contributed by atoms with Crippen molar-refractivity contribution in [3.05, 3.63) is 64.1 Å². The SMILES string of the molecule is Cc1nc(C)c([C@@H](C)NC(=O)CCN2c3ccccc3Sc3ccccc32)s1. The third-order valence-electron chi connectivity index (χ3n) is 4.80. The maximum absolute atomic E-state index is 12.7. The largest absolute Gasteiger partial charge is 0.349 e. The Bertz CT molecular complexity index is 969. The number of hydrogen-bond acceptors (Lipinski definition) is 5. The monoisotopic (exact) mass is 409 g/mol. The first kappa shape index (κ1) is 19.0. The van der Waals surface area contributed by atoms with Crippen LogP contribution in [0.5, 0.6) is 0 Å². The van der Waals surface area contributed by atoms with E-state index in [0.717, 1.165) is 15.6 Å². The summed E-state index contributed by atoms with van der Waals surface area (Å²) in [5, 5.41) is 4.17. The lowest BCUT2D eigenvalue weighted by molar-refractivity contribution is -0.121. The lowest BCUT2D eigenvalue weighted by Gasteiger charge is -2.32. The first-order valence-electron chi connectivity index (χ1n) is 9.39. The number of nitrogens with zero attached hydrogens (tertiary/aromatic N) is 2. The molecule has 6 heteroatoms. The Morgan fingerprint density at radius 3 is 2.25 bits per heavy atom. The summed E-state index contributed by atoms with van der Waals surface area (Å²) in [6, 6.07) is 16.7. The average Bonchev–Trinajstić information content (AvgIpc) is 3.03. The second-order valence-corrected chi connectivity index (χ2v) is 9.23. The van der Waals surface area contributed by atoms with Crippen molar-refractivity contribution >= 4 is 40.4 Å². The van der Waals surface area contributed by atoms with E-state index in [1.54, 1.807) is 23.1 Å². The van der Waals surface area contributed by atoms with Gasteiger partial charge in [-0.1, -0.05) is 36.0 Å². The van der Waals surface area contributed by atoms with E-state index in [2.05, 4.69) is 63.7 Å². The summed E-state index contributed by atoms with van der Waals surface area (Å²) >= 11 is 3.44. The van der Waals surface area contributed by atoms with E-state index in [9.17, 15) is 4.79 Å². The van der Waals surface area contributed by atoms with E-state index in [4.69, 9.17) is 0 Å². The van der Waals surface area contributed by atoms with Crippen LogP contribution in [0, 0.1) is 13.8 Å². The number of thiazole rings is 1. The van der Waals surface area contributed by atoms with Crippen LogP contribution in [0.1, 0.15) is 35.0 Å². The Kier molecular flexibility index (Phi) is 5.42. The molecule has 0 spiro atoms. The first-order chi connectivity index (χ1) is 13.5. The van der Waals surface area contributed by atoms with Crippen LogP contribution in [0.2, 0.25) is 0 Å². The molecule has 3 aromatic rings. The highest BCUT2D eigenvalue weighted by Gasteiger charge is 2.23. The molecule has 0 saturated heterocycles. The van der Waals surface area contributed by atoms with Crippen molar-refractivity contribution in [2.45, 2.75) is 43.0 Å². The Morgan fingerprint density at radius 2 is 1.68 bits per heavy atom. The van der Waals surface area contributed by atoms with Gasteiger partial charge < -0.3 is 10.2 Å². The van der Waals surface area contributed by atoms with Crippen molar-refractivity contribution in [2.75, 3.05) is 11.4 Å². The number of hydrogen-bond donors (Lipinski definition) is 1. The van der Waals surface area contributed by atoms with Crippen molar-refractivity contribution in [1.29, 1.82) is 0 Å². The van der Waals surface area contributed by atoms with Crippen molar-refractivity contribution in [2.24, 2.45) is 0 Å². The molecule has 0 saturated carbocycles. The smallest absolute Gasteiger partial charge is 0.222 e. The van der Waals surface area contributed by atoms with Crippen LogP contribution < -0.4 is 10.2 Å². The lowest BCUT2D eigenvalue weighted by atomic mass is 10.2. The van der Waals surface area contributed by atoms with E-state index in [-0.39, 0.29) is 11.9 Å². The molecule has 1 aliphatic rings. The summed E-state index contributed by atoms with van der Waals surface area (Å²) in [6.45, 7) is 6.67. The predicted molar refractivity (Wildman–Crippen MR) is 117 cm³/mol. The van der Waals surface area contributed by atoms with E-state index in [0.29, 0.717) is 13.0 Å². The molecule has 2 heterocycles. The summed E-state index contributed by atoms with van der Waals surface area (Å²) in [5.41, 5.74) is 3.34. The first-order valence-corrected chi connectivity index (χ1v) is 11.0. The fraction of sp³-hybridized carbons (Fsp3) is 0.273. The van der Waals surface area contributed by atoms with Crippen LogP contribution in [-0.4, -0.2) is 17.4 Å². The highest BCUT2D eigenvalue weighted by atomic mass is 32.2. The van der Waals surface area contributed by atoms with Gasteiger partial charge in [0.25, 0.3) is 0 Å². The van der Waals surface area contributed by atoms with Crippen molar-refractivity contribution in [1.82, 2.24) is 10.3 Å². The maximum Gasteiger partial charge on any atom is 0.222 e. The minimum atomic E-state index is -0.0183. The fourth-order valence-corrected chi connectivity index (χ4v) is 5.59. The van der Waals surface area contributed by atoms with Gasteiger partial charge in [0.15, 0.2) is 0 Å². The van der Waals surface area contributed by atoms with Gasteiger partial charge in [0.1, 0.15) is 0 Å². The topological polar surface area (TPSA) is 45.2 Å². The molecule has 1 aromatic heterocycles. The van der Waals surface area contributed by atoms with Crippen LogP contribution >= 0.6 is 23.1 Å². The molecule has 0 fully saturated rings. The normalized spacial score (nSPS) is 13.6. The minimum Gasteiger partial charge on any atom is -0.349 e. The van der Waals surface area contributed by atoms with Gasteiger partial charge in [0.2, 0.25) is 5.91 Å². The molecule has 1 atom stereocenters. The number of amides is 1. The molecule has 4 nitrogen and oxygen atoms in total. The van der Waals surface area contributed by atoms with Gasteiger partial charge in [-0.15, -0.1) is 11.3 Å². The summed E-state index contributed by atoms with van der Waals surface area (Å²) in [7, 11) is 0. The summed E-state index contributed by atoms with van der Waals surface area (Å²) in [4.78, 5) is 23.0. The molecule has 144 valence electrons. The number of anilines is 2. The standard InChI is InChI=1S/C22H23N3OS2/c1-14-22(27-16(3)23-14)15(2)24-21(26)12-13-25-17-8-4-6-10-19(17)28-20-11-7-5-9-18(20)25/h4-11,15H,12-13H2,1-3H3,(H,24,26)/t15-/m1/s1. The zero-order chi connectivity index (χ0) is 19.7. The van der Waals surface area contributed by atoms with Crippen molar-refractivity contribution in [3.63, 3.8) is 0 Å². The van der Waals surface area contributed by atoms with Crippen LogP contribution in [0.4, 0.5) is 11.4 Å². The number of aromatic nitrogens is 1. The number of carbonyl (C=O) groups excluding carboxylic acids is 1. The molecular weight excluding hydrogens is 386 g/mol. The Morgan fingerprint density at radius 1 is 1.07 bits per heavy atom. The van der Waals surface area contributed by atoms with Crippen molar-refractivity contribution < 1.29 is 4.79 Å². The van der Waals surface area contributed by atoms with E-state index < -0.39 is 0 Å². The predicted octanol–water partition coefficient (Wildman–Crippen LogP) is 5.63. The Balaban J connectivity index is 1.47. The molecule has 4 rings (SSSR count). The number of nitrogens with one attached hydrogen (secondary N) is 1. The van der Waals surface area contributed by atoms with Crippen LogP contribution in [-0.2, 0) is 4.79 Å². The number of para-hydroxylation sites is 2. The third-order valence-corrected chi connectivity index (χ3v) is 7.19. The van der Waals surface area contributed by atoms with Gasteiger partial charge in [-0.05, 0) is 45.0 Å². The van der Waals surface area contributed by atoms with E-state index in [1.165, 1.54) is 21.2 Å². The maximum atomic E-state index is 12.7. The molecule has 0 bridgehead atoms. The molecule has 0 radical (unpaired) electrons. The molecule has 2 aromatic carbocycles. The van der Waals surface area contributed by atoms with Gasteiger partial charge in [-0.2, -0.15) is 0 Å². The zero-order valence-electron chi connectivity index (χ0n) is 16.2. The number of fused-ring (bicyclic) bond motifs is 2. The van der Waals surface area contributed by atoms with Gasteiger partial charge in [0.05, 0.1) is 28.1 Å². The number of benzene rings is 2. The van der Waals surface area contributed by atoms with Crippen LogP contribution in [0.25, 0.3) is 0 Å². The Labute approximate surface area is 174 Å². The number of carbonyl (C=O) groups is 1. The quantitative estimate of drug-likeness (QED) is 0.593. The Hall–Kier alpha value is -2.31. The third kappa shape index (κ3) is 3.80. The van der Waals surface area contributed by atoms with Gasteiger partial charge in [-0.25, -0.2) is 4.98 Å². The summed E-state index contributed by atoms with van der Waals surface area (Å²) in [5.74, 6) is 0.0612. The summed E-state index contributed by atoms with van der Waals surface area (Å²) < 4.78 is 0. The highest BCUT2D eigenvalue weighted by molar-refractivity contribution is 7.99. The number of aryl methyl sites for hydroxylation is 2. The summed E-state index contributed by atoms with van der Waals surface area (Å²) in [6.07, 6.45) is 0.439. The lowest BCUT2D eigenvalue weighted by Crippen LogP contribution is -2.31. The van der Waals surface area contributed by atoms with Gasteiger partial charge in [-0.3, -0.25) is 4.79 Å². The molecule has 0 aliphatic carbocycles. The fourth-order valence-electron chi connectivity index (χ4n) is 3.56. The van der Waals surface area contributed by atoms with Crippen molar-refractivity contribution in [3.8, 4) is 0 Å². The second-order valence-electron chi connectivity index (χ2n) is 6.91. The molecule has 28 heavy (non-hydrogen) atoms. The second kappa shape index (κ2) is 7.97. The number of rotatable bonds is 5. The molecule has 1 N–H and O–H groups in total. The highest BCUT2D eigenvalue weighted by Crippen LogP contribution is 2.47. The molecule has 1 amide bonds. The minimum absolute atomic E-state index is 0.0183. The molecular formula is C22H23N3OS2. The van der Waals surface area contributed by atoms with Gasteiger partial charge in [0, 0.05) is 27.6 Å². The molecule has 1 aliphatic heterocycles. The van der Waals surface area contributed by atoms with E-state index in [1.807, 2.05) is 20.8 Å². The van der Waals surface area contributed by atoms with Crippen LogP contribution in [0.15, 0.2) is 58.3 Å². The average molecular weight is 410 g/mol.